The van der Waals surface area contributed by atoms with Crippen molar-refractivity contribution in [2.75, 3.05) is 26.7 Å². The van der Waals surface area contributed by atoms with Crippen LogP contribution in [0.5, 0.6) is 0 Å². The maximum Gasteiger partial charge on any atom is 0.218 e. The standard InChI is InChI=1S/C10H22N2O2S/c1-5-7-12(8-6-2)15(13,14)10(3)9-11-4/h5,10-11H,1,6-9H2,2-4H3. The van der Waals surface area contributed by atoms with E-state index >= 15 is 0 Å². The van der Waals surface area contributed by atoms with Crippen LogP contribution in [0, 0.1) is 0 Å². The smallest absolute Gasteiger partial charge is 0.218 e. The van der Waals surface area contributed by atoms with Gasteiger partial charge in [-0.05, 0) is 20.4 Å². The maximum absolute atomic E-state index is 12.0. The fraction of sp³-hybridized carbons (Fsp3) is 0.800. The van der Waals surface area contributed by atoms with Crippen molar-refractivity contribution in [1.29, 1.82) is 0 Å². The van der Waals surface area contributed by atoms with Crippen molar-refractivity contribution in [3.63, 3.8) is 0 Å². The van der Waals surface area contributed by atoms with Crippen LogP contribution < -0.4 is 5.32 Å². The van der Waals surface area contributed by atoms with Crippen LogP contribution in [0.4, 0.5) is 0 Å². The van der Waals surface area contributed by atoms with Crippen LogP contribution in [0.1, 0.15) is 20.3 Å². The normalized spacial score (nSPS) is 14.1. The van der Waals surface area contributed by atoms with Gasteiger partial charge in [0, 0.05) is 19.6 Å². The Kier molecular flexibility index (Phi) is 6.80. The Bertz CT molecular complexity index is 275. The Morgan fingerprint density at radius 1 is 1.53 bits per heavy atom. The molecular formula is C10H22N2O2S. The summed E-state index contributed by atoms with van der Waals surface area (Å²) in [6.07, 6.45) is 2.44. The molecule has 1 N–H and O–H groups in total. The molecule has 1 unspecified atom stereocenters. The molecule has 0 spiro atoms. The van der Waals surface area contributed by atoms with E-state index in [0.717, 1.165) is 6.42 Å². The van der Waals surface area contributed by atoms with Gasteiger partial charge in [-0.2, -0.15) is 4.31 Å². The highest BCUT2D eigenvalue weighted by molar-refractivity contribution is 7.89. The van der Waals surface area contributed by atoms with E-state index in [-0.39, 0.29) is 0 Å². The van der Waals surface area contributed by atoms with Gasteiger partial charge in [-0.1, -0.05) is 13.0 Å². The first-order valence-corrected chi connectivity index (χ1v) is 6.75. The quantitative estimate of drug-likeness (QED) is 0.633. The van der Waals surface area contributed by atoms with Gasteiger partial charge in [-0.3, -0.25) is 0 Å². The molecule has 0 heterocycles. The van der Waals surface area contributed by atoms with Gasteiger partial charge in [0.2, 0.25) is 10.0 Å². The van der Waals surface area contributed by atoms with Crippen LogP contribution in [0.3, 0.4) is 0 Å². The SMILES string of the molecule is C=CCN(CCC)S(=O)(=O)C(C)CNC. The molecule has 90 valence electrons. The molecule has 0 aromatic carbocycles. The minimum Gasteiger partial charge on any atom is -0.318 e. The van der Waals surface area contributed by atoms with Crippen molar-refractivity contribution in [2.45, 2.75) is 25.5 Å². The molecule has 0 aromatic heterocycles. The zero-order valence-corrected chi connectivity index (χ0v) is 10.7. The lowest BCUT2D eigenvalue weighted by molar-refractivity contribution is 0.432. The van der Waals surface area contributed by atoms with Gasteiger partial charge in [0.05, 0.1) is 5.25 Å². The van der Waals surface area contributed by atoms with Crippen LogP contribution >= 0.6 is 0 Å². The molecular weight excluding hydrogens is 212 g/mol. The van der Waals surface area contributed by atoms with E-state index in [9.17, 15) is 8.42 Å². The van der Waals surface area contributed by atoms with Crippen LogP contribution in [-0.4, -0.2) is 44.7 Å². The van der Waals surface area contributed by atoms with E-state index in [4.69, 9.17) is 0 Å². The summed E-state index contributed by atoms with van der Waals surface area (Å²) in [6, 6.07) is 0. The summed E-state index contributed by atoms with van der Waals surface area (Å²) in [4.78, 5) is 0. The Morgan fingerprint density at radius 2 is 2.13 bits per heavy atom. The fourth-order valence-corrected chi connectivity index (χ4v) is 3.00. The van der Waals surface area contributed by atoms with E-state index < -0.39 is 15.3 Å². The number of nitrogens with zero attached hydrogens (tertiary/aromatic N) is 1. The summed E-state index contributed by atoms with van der Waals surface area (Å²) in [5.74, 6) is 0. The van der Waals surface area contributed by atoms with Crippen molar-refractivity contribution >= 4 is 10.0 Å². The van der Waals surface area contributed by atoms with E-state index in [0.29, 0.717) is 19.6 Å². The number of hydrogen-bond acceptors (Lipinski definition) is 3. The second kappa shape index (κ2) is 6.98. The first kappa shape index (κ1) is 14.6. The van der Waals surface area contributed by atoms with Gasteiger partial charge in [0.1, 0.15) is 0 Å². The molecule has 0 aliphatic carbocycles. The summed E-state index contributed by atoms with van der Waals surface area (Å²) < 4.78 is 25.6. The number of rotatable bonds is 8. The highest BCUT2D eigenvalue weighted by atomic mass is 32.2. The second-order valence-corrected chi connectivity index (χ2v) is 5.91. The molecule has 0 rings (SSSR count). The van der Waals surface area contributed by atoms with E-state index in [1.165, 1.54) is 4.31 Å². The average molecular weight is 234 g/mol. The summed E-state index contributed by atoms with van der Waals surface area (Å²) in [7, 11) is -1.43. The lowest BCUT2D eigenvalue weighted by Gasteiger charge is -2.24. The maximum atomic E-state index is 12.0. The second-order valence-electron chi connectivity index (χ2n) is 3.56. The topological polar surface area (TPSA) is 49.4 Å². The highest BCUT2D eigenvalue weighted by Crippen LogP contribution is 2.09. The van der Waals surface area contributed by atoms with Crippen molar-refractivity contribution < 1.29 is 8.42 Å². The van der Waals surface area contributed by atoms with Crippen molar-refractivity contribution in [1.82, 2.24) is 9.62 Å². The fourth-order valence-electron chi connectivity index (χ4n) is 1.36. The van der Waals surface area contributed by atoms with Crippen LogP contribution in [0.15, 0.2) is 12.7 Å². The largest absolute Gasteiger partial charge is 0.318 e. The molecule has 0 aromatic rings. The van der Waals surface area contributed by atoms with Gasteiger partial charge in [-0.15, -0.1) is 6.58 Å². The molecule has 15 heavy (non-hydrogen) atoms. The Morgan fingerprint density at radius 3 is 2.53 bits per heavy atom. The van der Waals surface area contributed by atoms with E-state index in [1.54, 1.807) is 20.0 Å². The third kappa shape index (κ3) is 4.32. The first-order chi connectivity index (χ1) is 7.00. The van der Waals surface area contributed by atoms with E-state index in [2.05, 4.69) is 11.9 Å². The zero-order valence-electron chi connectivity index (χ0n) is 9.86. The van der Waals surface area contributed by atoms with E-state index in [1.807, 2.05) is 6.92 Å². The molecule has 0 amide bonds. The number of sulfonamides is 1. The lowest BCUT2D eigenvalue weighted by Crippen LogP contribution is -2.41. The molecule has 0 aliphatic rings. The van der Waals surface area contributed by atoms with Gasteiger partial charge in [0.15, 0.2) is 0 Å². The molecule has 0 aliphatic heterocycles. The Hall–Kier alpha value is -0.390. The molecule has 0 radical (unpaired) electrons. The molecule has 0 bridgehead atoms. The predicted octanol–water partition coefficient (Wildman–Crippen LogP) is 0.822. The van der Waals surface area contributed by atoms with Crippen molar-refractivity contribution in [2.24, 2.45) is 0 Å². The summed E-state index contributed by atoms with van der Waals surface area (Å²) in [6.45, 7) is 8.69. The molecule has 0 saturated carbocycles. The summed E-state index contributed by atoms with van der Waals surface area (Å²) in [5, 5.41) is 2.49. The molecule has 5 heteroatoms. The Labute approximate surface area is 93.4 Å². The molecule has 4 nitrogen and oxygen atoms in total. The van der Waals surface area contributed by atoms with Gasteiger partial charge >= 0.3 is 0 Å². The van der Waals surface area contributed by atoms with Gasteiger partial charge in [0.25, 0.3) is 0 Å². The Balaban J connectivity index is 4.68. The molecule has 0 fully saturated rings. The van der Waals surface area contributed by atoms with Crippen molar-refractivity contribution in [3.05, 3.63) is 12.7 Å². The highest BCUT2D eigenvalue weighted by Gasteiger charge is 2.26. The minimum absolute atomic E-state index is 0.393. The molecule has 0 saturated heterocycles. The van der Waals surface area contributed by atoms with Crippen LogP contribution in [-0.2, 0) is 10.0 Å². The summed E-state index contributed by atoms with van der Waals surface area (Å²) >= 11 is 0. The number of hydrogen-bond donors (Lipinski definition) is 1. The van der Waals surface area contributed by atoms with Crippen LogP contribution in [0.25, 0.3) is 0 Å². The average Bonchev–Trinajstić information content (AvgIpc) is 2.18. The third-order valence-corrected chi connectivity index (χ3v) is 4.40. The lowest BCUT2D eigenvalue weighted by atomic mass is 10.5. The molecule has 1 atom stereocenters. The third-order valence-electron chi connectivity index (χ3n) is 2.17. The van der Waals surface area contributed by atoms with Gasteiger partial charge in [-0.25, -0.2) is 8.42 Å². The monoisotopic (exact) mass is 234 g/mol. The summed E-state index contributed by atoms with van der Waals surface area (Å²) in [5.41, 5.74) is 0. The van der Waals surface area contributed by atoms with Gasteiger partial charge < -0.3 is 5.32 Å². The number of nitrogens with one attached hydrogen (secondary N) is 1. The van der Waals surface area contributed by atoms with Crippen LogP contribution in [0.2, 0.25) is 0 Å². The van der Waals surface area contributed by atoms with Crippen molar-refractivity contribution in [3.8, 4) is 0 Å². The first-order valence-electron chi connectivity index (χ1n) is 5.25. The zero-order chi connectivity index (χ0) is 11.9. The minimum atomic E-state index is -3.19. The predicted molar refractivity (Wildman–Crippen MR) is 64.4 cm³/mol.